The predicted molar refractivity (Wildman–Crippen MR) is 116 cm³/mol. The SMILES string of the molecule is C#CC1CCC(c2ccc(-c3ccc(C4CCC(C)CC4)cc3)cc2)CC1. The maximum atomic E-state index is 5.59. The van der Waals surface area contributed by atoms with Crippen molar-refractivity contribution in [3.05, 3.63) is 59.7 Å². The summed E-state index contributed by atoms with van der Waals surface area (Å²) in [7, 11) is 0. The van der Waals surface area contributed by atoms with E-state index < -0.39 is 0 Å². The van der Waals surface area contributed by atoms with Gasteiger partial charge in [0, 0.05) is 5.92 Å². The lowest BCUT2D eigenvalue weighted by Gasteiger charge is -2.26. The zero-order valence-electron chi connectivity index (χ0n) is 16.7. The van der Waals surface area contributed by atoms with Crippen LogP contribution in [0.15, 0.2) is 48.5 Å². The smallest absolute Gasteiger partial charge is 0.0200 e. The standard InChI is InChI=1S/C27H32/c1-3-21-6-10-23(11-7-21)25-14-18-27(19-15-25)26-16-12-24(13-17-26)22-8-4-20(2)5-9-22/h1,12-23H,4-11H2,2H3. The molecule has 27 heavy (non-hydrogen) atoms. The minimum atomic E-state index is 0.506. The monoisotopic (exact) mass is 356 g/mol. The summed E-state index contributed by atoms with van der Waals surface area (Å²) in [6.07, 6.45) is 15.9. The van der Waals surface area contributed by atoms with Crippen LogP contribution in [-0.4, -0.2) is 0 Å². The van der Waals surface area contributed by atoms with Crippen molar-refractivity contribution >= 4 is 0 Å². The van der Waals surface area contributed by atoms with Crippen molar-refractivity contribution in [1.82, 2.24) is 0 Å². The largest absolute Gasteiger partial charge is 0.120 e. The fourth-order valence-corrected chi connectivity index (χ4v) is 5.08. The molecule has 2 fully saturated rings. The van der Waals surface area contributed by atoms with Crippen LogP contribution >= 0.6 is 0 Å². The fourth-order valence-electron chi connectivity index (χ4n) is 5.08. The number of terminal acetylenes is 1. The highest BCUT2D eigenvalue weighted by Gasteiger charge is 2.21. The molecule has 2 saturated carbocycles. The lowest BCUT2D eigenvalue weighted by molar-refractivity contribution is 0.348. The molecule has 0 aromatic heterocycles. The van der Waals surface area contributed by atoms with Crippen molar-refractivity contribution in [3.8, 4) is 23.5 Å². The number of benzene rings is 2. The van der Waals surface area contributed by atoms with Gasteiger partial charge >= 0.3 is 0 Å². The fraction of sp³-hybridized carbons (Fsp3) is 0.481. The molecular formula is C27H32. The van der Waals surface area contributed by atoms with Crippen LogP contribution in [0.2, 0.25) is 0 Å². The van der Waals surface area contributed by atoms with Crippen molar-refractivity contribution in [3.63, 3.8) is 0 Å². The first kappa shape index (κ1) is 18.4. The lowest BCUT2D eigenvalue weighted by atomic mass is 9.78. The molecule has 0 heterocycles. The summed E-state index contributed by atoms with van der Waals surface area (Å²) >= 11 is 0. The third-order valence-electron chi connectivity index (χ3n) is 7.08. The molecule has 0 atom stereocenters. The first-order chi connectivity index (χ1) is 13.2. The van der Waals surface area contributed by atoms with E-state index in [1.807, 2.05) is 0 Å². The first-order valence-electron chi connectivity index (χ1n) is 10.9. The highest BCUT2D eigenvalue weighted by Crippen LogP contribution is 2.37. The Labute approximate surface area is 165 Å². The van der Waals surface area contributed by atoms with Crippen LogP contribution in [-0.2, 0) is 0 Å². The van der Waals surface area contributed by atoms with Crippen LogP contribution in [0.25, 0.3) is 11.1 Å². The van der Waals surface area contributed by atoms with E-state index in [9.17, 15) is 0 Å². The van der Waals surface area contributed by atoms with Gasteiger partial charge in [0.05, 0.1) is 0 Å². The summed E-state index contributed by atoms with van der Waals surface area (Å²) in [5.41, 5.74) is 5.69. The van der Waals surface area contributed by atoms with Crippen molar-refractivity contribution in [1.29, 1.82) is 0 Å². The third-order valence-corrected chi connectivity index (χ3v) is 7.08. The molecule has 2 aromatic rings. The Kier molecular flexibility index (Phi) is 5.68. The van der Waals surface area contributed by atoms with E-state index in [0.29, 0.717) is 11.8 Å². The third kappa shape index (κ3) is 4.30. The Morgan fingerprint density at radius 2 is 1.04 bits per heavy atom. The second-order valence-electron chi connectivity index (χ2n) is 8.92. The summed E-state index contributed by atoms with van der Waals surface area (Å²) < 4.78 is 0. The van der Waals surface area contributed by atoms with Gasteiger partial charge in [-0.2, -0.15) is 0 Å². The zero-order chi connectivity index (χ0) is 18.6. The number of rotatable bonds is 3. The van der Waals surface area contributed by atoms with Gasteiger partial charge in [-0.05, 0) is 78.5 Å². The van der Waals surface area contributed by atoms with E-state index in [2.05, 4.69) is 61.4 Å². The molecule has 2 aromatic carbocycles. The van der Waals surface area contributed by atoms with E-state index in [4.69, 9.17) is 6.42 Å². The molecule has 0 unspecified atom stereocenters. The first-order valence-corrected chi connectivity index (χ1v) is 10.9. The van der Waals surface area contributed by atoms with Crippen molar-refractivity contribution in [2.75, 3.05) is 0 Å². The van der Waals surface area contributed by atoms with Gasteiger partial charge in [0.2, 0.25) is 0 Å². The van der Waals surface area contributed by atoms with Gasteiger partial charge in [0.25, 0.3) is 0 Å². The maximum absolute atomic E-state index is 5.59. The molecule has 0 spiro atoms. The van der Waals surface area contributed by atoms with Gasteiger partial charge in [0.15, 0.2) is 0 Å². The Balaban J connectivity index is 1.41. The maximum Gasteiger partial charge on any atom is 0.0200 e. The molecule has 0 nitrogen and oxygen atoms in total. The van der Waals surface area contributed by atoms with Crippen LogP contribution < -0.4 is 0 Å². The molecule has 0 heteroatoms. The quantitative estimate of drug-likeness (QED) is 0.498. The van der Waals surface area contributed by atoms with E-state index in [0.717, 1.165) is 11.8 Å². The summed E-state index contributed by atoms with van der Waals surface area (Å²) in [5.74, 6) is 5.83. The van der Waals surface area contributed by atoms with E-state index in [1.165, 1.54) is 73.6 Å². The second kappa shape index (κ2) is 8.35. The molecule has 4 rings (SSSR count). The average molecular weight is 357 g/mol. The van der Waals surface area contributed by atoms with Gasteiger partial charge in [0.1, 0.15) is 0 Å². The van der Waals surface area contributed by atoms with Gasteiger partial charge < -0.3 is 0 Å². The van der Waals surface area contributed by atoms with Crippen LogP contribution in [0.4, 0.5) is 0 Å². The Morgan fingerprint density at radius 1 is 0.630 bits per heavy atom. The van der Waals surface area contributed by atoms with E-state index in [-0.39, 0.29) is 0 Å². The molecule has 2 aliphatic carbocycles. The second-order valence-corrected chi connectivity index (χ2v) is 8.92. The molecular weight excluding hydrogens is 324 g/mol. The molecule has 0 N–H and O–H groups in total. The Hall–Kier alpha value is -2.00. The minimum Gasteiger partial charge on any atom is -0.120 e. The predicted octanol–water partition coefficient (Wildman–Crippen LogP) is 7.55. The molecule has 140 valence electrons. The molecule has 2 aliphatic rings. The van der Waals surface area contributed by atoms with Crippen LogP contribution in [0.5, 0.6) is 0 Å². The molecule has 0 radical (unpaired) electrons. The molecule has 0 bridgehead atoms. The Morgan fingerprint density at radius 3 is 1.44 bits per heavy atom. The lowest BCUT2D eigenvalue weighted by Crippen LogP contribution is -2.11. The van der Waals surface area contributed by atoms with E-state index in [1.54, 1.807) is 0 Å². The van der Waals surface area contributed by atoms with Gasteiger partial charge in [-0.3, -0.25) is 0 Å². The molecule has 0 saturated heterocycles. The number of hydrogen-bond acceptors (Lipinski definition) is 0. The number of hydrogen-bond donors (Lipinski definition) is 0. The molecule has 0 aliphatic heterocycles. The van der Waals surface area contributed by atoms with Gasteiger partial charge in [-0.15, -0.1) is 12.3 Å². The van der Waals surface area contributed by atoms with Crippen molar-refractivity contribution < 1.29 is 0 Å². The van der Waals surface area contributed by atoms with Gasteiger partial charge in [-0.1, -0.05) is 68.3 Å². The topological polar surface area (TPSA) is 0 Å². The highest BCUT2D eigenvalue weighted by molar-refractivity contribution is 5.64. The van der Waals surface area contributed by atoms with E-state index >= 15 is 0 Å². The summed E-state index contributed by atoms with van der Waals surface area (Å²) in [4.78, 5) is 0. The summed E-state index contributed by atoms with van der Waals surface area (Å²) in [6, 6.07) is 18.7. The minimum absolute atomic E-state index is 0.506. The van der Waals surface area contributed by atoms with Crippen LogP contribution in [0.3, 0.4) is 0 Å². The normalized spacial score (nSPS) is 28.4. The van der Waals surface area contributed by atoms with Crippen LogP contribution in [0.1, 0.15) is 81.3 Å². The summed E-state index contributed by atoms with van der Waals surface area (Å²) in [5, 5.41) is 0. The average Bonchev–Trinajstić information content (AvgIpc) is 2.75. The van der Waals surface area contributed by atoms with Crippen molar-refractivity contribution in [2.45, 2.75) is 70.1 Å². The van der Waals surface area contributed by atoms with Crippen LogP contribution in [0, 0.1) is 24.2 Å². The van der Waals surface area contributed by atoms with Crippen molar-refractivity contribution in [2.24, 2.45) is 11.8 Å². The Bertz CT molecular complexity index is 758. The zero-order valence-corrected chi connectivity index (χ0v) is 16.7. The van der Waals surface area contributed by atoms with Gasteiger partial charge in [-0.25, -0.2) is 0 Å². The highest BCUT2D eigenvalue weighted by atomic mass is 14.3. The summed E-state index contributed by atoms with van der Waals surface area (Å²) in [6.45, 7) is 2.39. The molecule has 0 amide bonds.